The summed E-state index contributed by atoms with van der Waals surface area (Å²) in [5, 5.41) is 1.34. The summed E-state index contributed by atoms with van der Waals surface area (Å²) < 4.78 is 5.52. The van der Waals surface area contributed by atoms with E-state index in [1.165, 1.54) is 36.2 Å². The molecule has 0 aliphatic heterocycles. The number of allylic oxidation sites excluding steroid dienone is 2. The van der Waals surface area contributed by atoms with Crippen molar-refractivity contribution in [3.8, 4) is 0 Å². The van der Waals surface area contributed by atoms with Crippen molar-refractivity contribution < 1.29 is 9.53 Å². The Morgan fingerprint density at radius 3 is 2.82 bits per heavy atom. The number of carbonyl (C=O) groups excluding carboxylic acids is 1. The lowest BCUT2D eigenvalue weighted by atomic mass is 9.51. The molecular formula is C25H33NO2. The van der Waals surface area contributed by atoms with Crippen LogP contribution in [0, 0.1) is 22.7 Å². The first-order valence-corrected chi connectivity index (χ1v) is 10.7. The number of hydrogen-bond donors (Lipinski definition) is 1. The number of H-pyrrole nitrogens is 1. The van der Waals surface area contributed by atoms with E-state index in [0.29, 0.717) is 18.4 Å². The third kappa shape index (κ3) is 3.19. The molecule has 1 N–H and O–H groups in total. The van der Waals surface area contributed by atoms with Crippen LogP contribution < -0.4 is 0 Å². The summed E-state index contributed by atoms with van der Waals surface area (Å²) in [5.41, 5.74) is 4.44. The van der Waals surface area contributed by atoms with Crippen LogP contribution in [0.5, 0.6) is 0 Å². The Labute approximate surface area is 168 Å². The van der Waals surface area contributed by atoms with Crippen LogP contribution in [-0.4, -0.2) is 17.6 Å². The van der Waals surface area contributed by atoms with Gasteiger partial charge in [0.2, 0.25) is 0 Å². The smallest absolute Gasteiger partial charge is 0.302 e. The van der Waals surface area contributed by atoms with Gasteiger partial charge in [-0.1, -0.05) is 50.6 Å². The van der Waals surface area contributed by atoms with Gasteiger partial charge in [0.25, 0.3) is 0 Å². The average molecular weight is 380 g/mol. The molecule has 1 heterocycles. The highest BCUT2D eigenvalue weighted by Gasteiger charge is 2.50. The zero-order chi connectivity index (χ0) is 19.9. The third-order valence-corrected chi connectivity index (χ3v) is 7.77. The fourth-order valence-corrected chi connectivity index (χ4v) is 5.79. The maximum absolute atomic E-state index is 11.5. The number of esters is 1. The molecule has 0 amide bonds. The van der Waals surface area contributed by atoms with Crippen molar-refractivity contribution >= 4 is 16.9 Å². The highest BCUT2D eigenvalue weighted by Crippen LogP contribution is 2.58. The number of benzene rings is 1. The molecular weight excluding hydrogens is 346 g/mol. The van der Waals surface area contributed by atoms with E-state index in [2.05, 4.69) is 62.3 Å². The normalized spacial score (nSPS) is 32.6. The van der Waals surface area contributed by atoms with Crippen molar-refractivity contribution in [2.75, 3.05) is 6.61 Å². The monoisotopic (exact) mass is 379 g/mol. The summed E-state index contributed by atoms with van der Waals surface area (Å²) in [5.74, 6) is 0.981. The minimum Gasteiger partial charge on any atom is -0.465 e. The molecule has 0 unspecified atom stereocenters. The molecule has 4 atom stereocenters. The fourth-order valence-electron chi connectivity index (χ4n) is 5.79. The largest absolute Gasteiger partial charge is 0.465 e. The number of hydrogen-bond acceptors (Lipinski definition) is 2. The van der Waals surface area contributed by atoms with Gasteiger partial charge in [-0.05, 0) is 61.0 Å². The topological polar surface area (TPSA) is 42.1 Å². The molecule has 1 fully saturated rings. The summed E-state index contributed by atoms with van der Waals surface area (Å²) in [6, 6.07) is 8.61. The van der Waals surface area contributed by atoms with E-state index < -0.39 is 0 Å². The molecule has 0 spiro atoms. The minimum atomic E-state index is -0.164. The van der Waals surface area contributed by atoms with Gasteiger partial charge >= 0.3 is 5.97 Å². The number of rotatable bonds is 4. The van der Waals surface area contributed by atoms with E-state index in [9.17, 15) is 4.79 Å². The van der Waals surface area contributed by atoms with Crippen LogP contribution >= 0.6 is 0 Å². The van der Waals surface area contributed by atoms with Crippen molar-refractivity contribution in [2.24, 2.45) is 22.7 Å². The summed E-state index contributed by atoms with van der Waals surface area (Å²) in [4.78, 5) is 14.9. The van der Waals surface area contributed by atoms with Crippen LogP contribution in [0.4, 0.5) is 0 Å². The Morgan fingerprint density at radius 2 is 2.04 bits per heavy atom. The van der Waals surface area contributed by atoms with Crippen LogP contribution in [0.1, 0.15) is 58.9 Å². The Balaban J connectivity index is 1.67. The van der Waals surface area contributed by atoms with E-state index in [4.69, 9.17) is 4.74 Å². The van der Waals surface area contributed by atoms with E-state index in [1.54, 1.807) is 5.57 Å². The fraction of sp³-hybridized carbons (Fsp3) is 0.560. The predicted molar refractivity (Wildman–Crippen MR) is 114 cm³/mol. The van der Waals surface area contributed by atoms with Crippen LogP contribution in [0.2, 0.25) is 0 Å². The van der Waals surface area contributed by atoms with Gasteiger partial charge in [-0.25, -0.2) is 0 Å². The van der Waals surface area contributed by atoms with Crippen molar-refractivity contribution in [1.82, 2.24) is 4.98 Å². The van der Waals surface area contributed by atoms with Gasteiger partial charge in [-0.2, -0.15) is 0 Å². The second kappa shape index (κ2) is 7.09. The lowest BCUT2D eigenvalue weighted by Crippen LogP contribution is -2.46. The zero-order valence-corrected chi connectivity index (χ0v) is 17.7. The quantitative estimate of drug-likeness (QED) is 0.519. The molecule has 1 saturated carbocycles. The number of carbonyl (C=O) groups is 1. The Hall–Kier alpha value is -2.03. The van der Waals surface area contributed by atoms with Gasteiger partial charge in [0.15, 0.2) is 0 Å². The molecule has 0 radical (unpaired) electrons. The number of nitrogens with one attached hydrogen (secondary N) is 1. The van der Waals surface area contributed by atoms with Gasteiger partial charge in [0.1, 0.15) is 0 Å². The van der Waals surface area contributed by atoms with Crippen molar-refractivity contribution in [2.45, 2.75) is 59.8 Å². The SMILES string of the molecule is CC(=O)OC[C@@]1(C)CCC=C2[C@@H]1CC[C@@H](C)[C@]2(C)Cc1c[nH]c2ccccc12. The number of para-hydroxylation sites is 1. The highest BCUT2D eigenvalue weighted by molar-refractivity contribution is 5.83. The molecule has 0 bridgehead atoms. The highest BCUT2D eigenvalue weighted by atomic mass is 16.5. The molecule has 3 nitrogen and oxygen atoms in total. The average Bonchev–Trinajstić information content (AvgIpc) is 3.07. The first-order valence-electron chi connectivity index (χ1n) is 10.7. The van der Waals surface area contributed by atoms with E-state index in [1.807, 2.05) is 0 Å². The van der Waals surface area contributed by atoms with Gasteiger partial charge in [0.05, 0.1) is 6.61 Å². The number of aromatic amines is 1. The zero-order valence-electron chi connectivity index (χ0n) is 17.7. The Bertz CT molecular complexity index is 910. The molecule has 4 rings (SSSR count). The lowest BCUT2D eigenvalue weighted by molar-refractivity contribution is -0.146. The van der Waals surface area contributed by atoms with E-state index >= 15 is 0 Å². The van der Waals surface area contributed by atoms with Crippen molar-refractivity contribution in [1.29, 1.82) is 0 Å². The third-order valence-electron chi connectivity index (χ3n) is 7.77. The summed E-state index contributed by atoms with van der Waals surface area (Å²) in [6.07, 6.45) is 10.4. The number of aromatic nitrogens is 1. The summed E-state index contributed by atoms with van der Waals surface area (Å²) >= 11 is 0. The Kier molecular flexibility index (Phi) is 4.89. The minimum absolute atomic E-state index is 0.0529. The second-order valence-electron chi connectivity index (χ2n) is 9.62. The van der Waals surface area contributed by atoms with E-state index in [0.717, 1.165) is 19.3 Å². The molecule has 28 heavy (non-hydrogen) atoms. The summed E-state index contributed by atoms with van der Waals surface area (Å²) in [7, 11) is 0. The molecule has 2 aliphatic carbocycles. The molecule has 1 aromatic carbocycles. The number of ether oxygens (including phenoxy) is 1. The molecule has 2 aromatic rings. The van der Waals surface area contributed by atoms with Gasteiger partial charge < -0.3 is 9.72 Å². The molecule has 2 aliphatic rings. The molecule has 150 valence electrons. The van der Waals surface area contributed by atoms with Crippen LogP contribution in [-0.2, 0) is 16.0 Å². The van der Waals surface area contributed by atoms with Crippen LogP contribution in [0.25, 0.3) is 10.9 Å². The van der Waals surface area contributed by atoms with Gasteiger partial charge in [-0.15, -0.1) is 0 Å². The van der Waals surface area contributed by atoms with E-state index in [-0.39, 0.29) is 16.8 Å². The number of fused-ring (bicyclic) bond motifs is 2. The Morgan fingerprint density at radius 1 is 1.25 bits per heavy atom. The van der Waals surface area contributed by atoms with Gasteiger partial charge in [-0.3, -0.25) is 4.79 Å². The van der Waals surface area contributed by atoms with Crippen LogP contribution in [0.15, 0.2) is 42.1 Å². The lowest BCUT2D eigenvalue weighted by Gasteiger charge is -2.53. The van der Waals surface area contributed by atoms with Crippen LogP contribution in [0.3, 0.4) is 0 Å². The first kappa shape index (κ1) is 19.3. The molecule has 1 aromatic heterocycles. The summed E-state index contributed by atoms with van der Waals surface area (Å²) in [6.45, 7) is 9.28. The van der Waals surface area contributed by atoms with Crippen molar-refractivity contribution in [3.05, 3.63) is 47.7 Å². The molecule has 3 heteroatoms. The second-order valence-corrected chi connectivity index (χ2v) is 9.62. The first-order chi connectivity index (χ1) is 13.3. The van der Waals surface area contributed by atoms with Crippen molar-refractivity contribution in [3.63, 3.8) is 0 Å². The van der Waals surface area contributed by atoms with Gasteiger partial charge in [0, 0.05) is 29.4 Å². The maximum atomic E-state index is 11.5. The standard InChI is InChI=1S/C25H33NO2/c1-17-11-12-21-22(9-7-13-24(21,3)16-28-18(2)27)25(17,4)14-19-15-26-23-10-6-5-8-20(19)23/h5-6,8-10,15,17,21,26H,7,11-14,16H2,1-4H3/t17-,21+,24-,25+/m1/s1. The maximum Gasteiger partial charge on any atom is 0.302 e. The predicted octanol–water partition coefficient (Wildman–Crippen LogP) is 6.05. The molecule has 0 saturated heterocycles.